The third kappa shape index (κ3) is 6.43. The van der Waals surface area contributed by atoms with Crippen molar-refractivity contribution in [3.05, 3.63) is 53.1 Å². The van der Waals surface area contributed by atoms with Crippen molar-refractivity contribution in [2.45, 2.75) is 17.7 Å². The monoisotopic (exact) mass is 572 g/mol. The molecular weight excluding hydrogens is 544 g/mol. The lowest BCUT2D eigenvalue weighted by Gasteiger charge is -2.15. The number of urea groups is 1. The number of rotatable bonds is 3. The van der Waals surface area contributed by atoms with Crippen molar-refractivity contribution in [3.8, 4) is 0 Å². The van der Waals surface area contributed by atoms with E-state index in [-0.39, 0.29) is 0 Å². The number of halogens is 1. The first kappa shape index (κ1) is 25.7. The van der Waals surface area contributed by atoms with E-state index in [9.17, 15) is 9.00 Å². The van der Waals surface area contributed by atoms with Gasteiger partial charge in [0.15, 0.2) is 0 Å². The van der Waals surface area contributed by atoms with Crippen molar-refractivity contribution < 1.29 is 9.00 Å². The first-order valence-electron chi connectivity index (χ1n) is 11.4. The van der Waals surface area contributed by atoms with Crippen LogP contribution in [0.25, 0.3) is 0 Å². The van der Waals surface area contributed by atoms with Crippen LogP contribution >= 0.6 is 15.9 Å². The molecule has 0 radical (unpaired) electrons. The van der Waals surface area contributed by atoms with Crippen molar-refractivity contribution in [3.63, 3.8) is 0 Å². The van der Waals surface area contributed by atoms with Crippen LogP contribution in [0.4, 0.5) is 39.3 Å². The van der Waals surface area contributed by atoms with E-state index in [4.69, 9.17) is 0 Å². The van der Waals surface area contributed by atoms with Crippen molar-refractivity contribution in [1.82, 2.24) is 9.97 Å². The molecule has 1 aliphatic heterocycles. The molecular formula is C24H29BrN8O2S. The van der Waals surface area contributed by atoms with E-state index >= 15 is 0 Å². The van der Waals surface area contributed by atoms with E-state index in [2.05, 4.69) is 51.5 Å². The summed E-state index contributed by atoms with van der Waals surface area (Å²) in [5.74, 6) is 1.15. The molecule has 2 heterocycles. The number of aromatic nitrogens is 2. The normalized spacial score (nSPS) is 14.8. The summed E-state index contributed by atoms with van der Waals surface area (Å²) in [6.45, 7) is 1.42. The molecule has 12 heteroatoms. The molecule has 4 N–H and O–H groups in total. The average molecular weight is 574 g/mol. The zero-order valence-electron chi connectivity index (χ0n) is 20.3. The second-order valence-corrected chi connectivity index (χ2v) is 11.6. The number of hydrogen-bond donors (Lipinski definition) is 4. The predicted octanol–water partition coefficient (Wildman–Crippen LogP) is 5.36. The third-order valence-corrected chi connectivity index (χ3v) is 7.76. The van der Waals surface area contributed by atoms with E-state index in [1.54, 1.807) is 30.5 Å². The summed E-state index contributed by atoms with van der Waals surface area (Å²) < 4.78 is 18.4. The van der Waals surface area contributed by atoms with Gasteiger partial charge in [-0.15, -0.1) is 4.36 Å². The maximum Gasteiger partial charge on any atom is 0.353 e. The molecule has 0 saturated heterocycles. The molecule has 2 aromatic carbocycles. The summed E-state index contributed by atoms with van der Waals surface area (Å²) in [5.41, 5.74) is 2.94. The molecule has 190 valence electrons. The molecule has 0 saturated carbocycles. The molecule has 1 aromatic heterocycles. The molecule has 4 bridgehead atoms. The molecule has 1 unspecified atom stereocenters. The Kier molecular flexibility index (Phi) is 7.94. The average Bonchev–Trinajstić information content (AvgIpc) is 2.83. The second-order valence-electron chi connectivity index (χ2n) is 8.55. The van der Waals surface area contributed by atoms with Gasteiger partial charge in [-0.2, -0.15) is 4.98 Å². The van der Waals surface area contributed by atoms with Crippen LogP contribution < -0.4 is 26.2 Å². The SMILES string of the molecule is CN(C)c1ccc(NC(=O)N=S(C)(=O)c2ccc3cc2NCCCCNc2nc(ncc2Br)N3)cc1. The van der Waals surface area contributed by atoms with Crippen LogP contribution in [0.2, 0.25) is 0 Å². The van der Waals surface area contributed by atoms with Crippen LogP contribution in [0.5, 0.6) is 0 Å². The fourth-order valence-electron chi connectivity index (χ4n) is 3.63. The van der Waals surface area contributed by atoms with Gasteiger partial charge in [0.2, 0.25) is 5.95 Å². The molecule has 2 amide bonds. The van der Waals surface area contributed by atoms with E-state index in [0.717, 1.165) is 35.2 Å². The van der Waals surface area contributed by atoms with Crippen LogP contribution in [-0.4, -0.2) is 53.6 Å². The Morgan fingerprint density at radius 2 is 1.83 bits per heavy atom. The fraction of sp³-hybridized carbons (Fsp3) is 0.292. The van der Waals surface area contributed by atoms with Gasteiger partial charge in [0.05, 0.1) is 24.8 Å². The van der Waals surface area contributed by atoms with Gasteiger partial charge in [-0.3, -0.25) is 0 Å². The highest BCUT2D eigenvalue weighted by Crippen LogP contribution is 2.29. The predicted molar refractivity (Wildman–Crippen MR) is 150 cm³/mol. The van der Waals surface area contributed by atoms with Crippen molar-refractivity contribution in [2.24, 2.45) is 4.36 Å². The van der Waals surface area contributed by atoms with Gasteiger partial charge in [0.25, 0.3) is 0 Å². The Bertz CT molecular complexity index is 1370. The van der Waals surface area contributed by atoms with Gasteiger partial charge < -0.3 is 26.2 Å². The Hall–Kier alpha value is -3.38. The quantitative estimate of drug-likeness (QED) is 0.331. The highest BCUT2D eigenvalue weighted by atomic mass is 79.9. The van der Waals surface area contributed by atoms with Gasteiger partial charge in [-0.25, -0.2) is 14.0 Å². The first-order chi connectivity index (χ1) is 17.2. The third-order valence-electron chi connectivity index (χ3n) is 5.49. The van der Waals surface area contributed by atoms with Crippen molar-refractivity contribution in [2.75, 3.05) is 59.6 Å². The topological polar surface area (TPSA) is 124 Å². The largest absolute Gasteiger partial charge is 0.384 e. The molecule has 4 rings (SSSR count). The Balaban J connectivity index is 1.60. The van der Waals surface area contributed by atoms with Gasteiger partial charge in [-0.05, 0) is 71.2 Å². The lowest BCUT2D eigenvalue weighted by atomic mass is 10.2. The lowest BCUT2D eigenvalue weighted by Crippen LogP contribution is -2.13. The van der Waals surface area contributed by atoms with E-state index < -0.39 is 15.8 Å². The number of anilines is 6. The zero-order chi connectivity index (χ0) is 25.7. The van der Waals surface area contributed by atoms with Crippen LogP contribution in [0.1, 0.15) is 12.8 Å². The minimum Gasteiger partial charge on any atom is -0.384 e. The Morgan fingerprint density at radius 3 is 2.56 bits per heavy atom. The number of nitrogens with one attached hydrogen (secondary N) is 4. The summed E-state index contributed by atoms with van der Waals surface area (Å²) in [7, 11) is 0.835. The van der Waals surface area contributed by atoms with Crippen LogP contribution in [0.15, 0.2) is 62.4 Å². The standard InChI is InChI=1S/C24H29BrN8O2S/c1-33(2)18-9-6-16(7-10-18)30-24(34)32-36(3,35)21-11-8-17-14-20(21)26-12-4-5-13-27-22-19(25)15-28-23(29-17)31-22/h6-11,14-15,26H,4-5,12-13H2,1-3H3,(H,30,34)(H2,27,28,29,31). The number of carbonyl (C=O) groups excluding carboxylic acids is 1. The number of hydrogen-bond acceptors (Lipinski definition) is 8. The molecule has 10 nitrogen and oxygen atoms in total. The molecule has 0 aliphatic carbocycles. The van der Waals surface area contributed by atoms with E-state index in [1.165, 1.54) is 6.26 Å². The van der Waals surface area contributed by atoms with Crippen LogP contribution in [0.3, 0.4) is 0 Å². The summed E-state index contributed by atoms with van der Waals surface area (Å²) in [4.78, 5) is 23.9. The number of amides is 2. The van der Waals surface area contributed by atoms with Crippen molar-refractivity contribution >= 4 is 66.2 Å². The molecule has 0 fully saturated rings. The number of carbonyl (C=O) groups is 1. The zero-order valence-corrected chi connectivity index (χ0v) is 22.7. The summed E-state index contributed by atoms with van der Waals surface area (Å²) in [5, 5.41) is 12.6. The summed E-state index contributed by atoms with van der Waals surface area (Å²) >= 11 is 3.47. The summed E-state index contributed by atoms with van der Waals surface area (Å²) in [6, 6.07) is 12.0. The molecule has 1 aliphatic rings. The van der Waals surface area contributed by atoms with Crippen LogP contribution in [0, 0.1) is 0 Å². The minimum atomic E-state index is -3.04. The highest BCUT2D eigenvalue weighted by Gasteiger charge is 2.16. The minimum absolute atomic E-state index is 0.431. The highest BCUT2D eigenvalue weighted by molar-refractivity contribution is 9.10. The summed E-state index contributed by atoms with van der Waals surface area (Å²) in [6.07, 6.45) is 4.94. The maximum atomic E-state index is 13.6. The smallest absolute Gasteiger partial charge is 0.353 e. The van der Waals surface area contributed by atoms with Gasteiger partial charge in [0.1, 0.15) is 5.82 Å². The number of benzene rings is 2. The second kappa shape index (κ2) is 11.1. The Labute approximate surface area is 219 Å². The molecule has 3 aromatic rings. The maximum absolute atomic E-state index is 13.6. The van der Waals surface area contributed by atoms with Crippen molar-refractivity contribution in [1.29, 1.82) is 0 Å². The van der Waals surface area contributed by atoms with E-state index in [1.807, 2.05) is 37.2 Å². The van der Waals surface area contributed by atoms with Gasteiger partial charge in [0, 0.05) is 56.7 Å². The van der Waals surface area contributed by atoms with E-state index in [0.29, 0.717) is 34.6 Å². The Morgan fingerprint density at radius 1 is 1.11 bits per heavy atom. The number of nitrogens with zero attached hydrogens (tertiary/aromatic N) is 4. The molecule has 1 atom stereocenters. The van der Waals surface area contributed by atoms with Gasteiger partial charge >= 0.3 is 6.03 Å². The fourth-order valence-corrected chi connectivity index (χ4v) is 5.28. The molecule has 36 heavy (non-hydrogen) atoms. The van der Waals surface area contributed by atoms with Gasteiger partial charge in [-0.1, -0.05) is 0 Å². The first-order valence-corrected chi connectivity index (χ1v) is 14.1. The number of fused-ring (bicyclic) bond motifs is 4. The van der Waals surface area contributed by atoms with Crippen LogP contribution in [-0.2, 0) is 9.73 Å². The molecule has 0 spiro atoms. The lowest BCUT2D eigenvalue weighted by molar-refractivity contribution is 0.260.